The third-order valence-electron chi connectivity index (χ3n) is 4.15. The van der Waals surface area contributed by atoms with Crippen molar-refractivity contribution in [3.8, 4) is 5.75 Å². The van der Waals surface area contributed by atoms with Gasteiger partial charge in [0.1, 0.15) is 17.3 Å². The summed E-state index contributed by atoms with van der Waals surface area (Å²) in [5, 5.41) is 5.55. The van der Waals surface area contributed by atoms with Crippen molar-refractivity contribution in [2.45, 2.75) is 0 Å². The van der Waals surface area contributed by atoms with Crippen molar-refractivity contribution >= 4 is 35.2 Å². The molecule has 0 saturated carbocycles. The summed E-state index contributed by atoms with van der Waals surface area (Å²) in [5.41, 5.74) is 1.13. The average molecular weight is 425 g/mol. The van der Waals surface area contributed by atoms with E-state index in [2.05, 4.69) is 10.6 Å². The van der Waals surface area contributed by atoms with Crippen molar-refractivity contribution in [2.75, 3.05) is 12.4 Å². The number of halogens is 2. The summed E-state index contributed by atoms with van der Waals surface area (Å²) in [5.74, 6) is -1.08. The molecule has 0 saturated heterocycles. The van der Waals surface area contributed by atoms with Gasteiger partial charge in [-0.2, -0.15) is 0 Å². The second-order valence-electron chi connectivity index (χ2n) is 6.20. The van der Waals surface area contributed by atoms with Crippen molar-refractivity contribution in [3.63, 3.8) is 0 Å². The molecule has 0 radical (unpaired) electrons. The first-order chi connectivity index (χ1) is 14.5. The van der Waals surface area contributed by atoms with Crippen LogP contribution in [0.3, 0.4) is 0 Å². The van der Waals surface area contributed by atoms with E-state index in [-0.39, 0.29) is 16.3 Å². The summed E-state index contributed by atoms with van der Waals surface area (Å²) in [6.45, 7) is 0. The van der Waals surface area contributed by atoms with Gasteiger partial charge in [0.15, 0.2) is 0 Å². The molecule has 0 heterocycles. The van der Waals surface area contributed by atoms with Crippen LogP contribution < -0.4 is 15.4 Å². The summed E-state index contributed by atoms with van der Waals surface area (Å²) in [6, 6.07) is 18.9. The van der Waals surface area contributed by atoms with E-state index >= 15 is 0 Å². The molecule has 0 fully saturated rings. The maximum atomic E-state index is 13.2. The second kappa shape index (κ2) is 9.71. The van der Waals surface area contributed by atoms with Gasteiger partial charge >= 0.3 is 0 Å². The third-order valence-corrected chi connectivity index (χ3v) is 4.48. The highest BCUT2D eigenvalue weighted by atomic mass is 35.5. The fourth-order valence-electron chi connectivity index (χ4n) is 2.66. The van der Waals surface area contributed by atoms with Gasteiger partial charge in [0.2, 0.25) is 0 Å². The zero-order valence-electron chi connectivity index (χ0n) is 16.0. The molecule has 3 aromatic carbocycles. The molecular formula is C23H18ClFN2O3. The molecule has 0 aliphatic rings. The molecule has 0 atom stereocenters. The van der Waals surface area contributed by atoms with E-state index in [1.165, 1.54) is 37.5 Å². The largest absolute Gasteiger partial charge is 0.495 e. The van der Waals surface area contributed by atoms with E-state index in [0.29, 0.717) is 17.0 Å². The molecule has 0 bridgehead atoms. The number of benzene rings is 3. The molecule has 3 rings (SSSR count). The Morgan fingerprint density at radius 2 is 1.63 bits per heavy atom. The molecule has 0 aliphatic heterocycles. The van der Waals surface area contributed by atoms with Crippen molar-refractivity contribution in [1.29, 1.82) is 0 Å². The first-order valence-corrected chi connectivity index (χ1v) is 9.33. The van der Waals surface area contributed by atoms with Gasteiger partial charge in [0.25, 0.3) is 11.8 Å². The fraction of sp³-hybridized carbons (Fsp3) is 0.0435. The Morgan fingerprint density at radius 1 is 0.967 bits per heavy atom. The number of carbonyl (C=O) groups excluding carboxylic acids is 2. The Balaban J connectivity index is 1.92. The monoisotopic (exact) mass is 424 g/mol. The van der Waals surface area contributed by atoms with E-state index in [9.17, 15) is 14.0 Å². The first-order valence-electron chi connectivity index (χ1n) is 8.95. The van der Waals surface area contributed by atoms with Crippen molar-refractivity contribution < 1.29 is 18.7 Å². The Kier molecular flexibility index (Phi) is 6.83. The molecule has 0 aromatic heterocycles. The van der Waals surface area contributed by atoms with Crippen LogP contribution in [-0.4, -0.2) is 18.9 Å². The molecular weight excluding hydrogens is 407 g/mol. The summed E-state index contributed by atoms with van der Waals surface area (Å²) < 4.78 is 18.5. The van der Waals surface area contributed by atoms with Gasteiger partial charge in [0, 0.05) is 0 Å². The lowest BCUT2D eigenvalue weighted by atomic mass is 10.1. The van der Waals surface area contributed by atoms with E-state index in [1.54, 1.807) is 48.5 Å². The van der Waals surface area contributed by atoms with Crippen LogP contribution in [0.5, 0.6) is 5.75 Å². The Hall–Kier alpha value is -3.64. The number of hydrogen-bond donors (Lipinski definition) is 2. The normalized spacial score (nSPS) is 11.0. The van der Waals surface area contributed by atoms with Crippen LogP contribution >= 0.6 is 11.6 Å². The van der Waals surface area contributed by atoms with E-state index in [4.69, 9.17) is 16.3 Å². The van der Waals surface area contributed by atoms with E-state index in [1.807, 2.05) is 0 Å². The highest BCUT2D eigenvalue weighted by Gasteiger charge is 2.18. The van der Waals surface area contributed by atoms with Gasteiger partial charge < -0.3 is 15.4 Å². The van der Waals surface area contributed by atoms with Crippen LogP contribution in [0.15, 0.2) is 78.5 Å². The molecule has 30 heavy (non-hydrogen) atoms. The lowest BCUT2D eigenvalue weighted by molar-refractivity contribution is -0.113. The van der Waals surface area contributed by atoms with Crippen molar-refractivity contribution in [3.05, 3.63) is 100 Å². The minimum atomic E-state index is -0.579. The topological polar surface area (TPSA) is 67.4 Å². The van der Waals surface area contributed by atoms with Crippen molar-refractivity contribution in [1.82, 2.24) is 5.32 Å². The molecule has 0 unspecified atom stereocenters. The number of anilines is 1. The molecule has 7 heteroatoms. The molecule has 152 valence electrons. The lowest BCUT2D eigenvalue weighted by Gasteiger charge is -2.13. The number of hydrogen-bond acceptors (Lipinski definition) is 3. The molecule has 5 nitrogen and oxygen atoms in total. The van der Waals surface area contributed by atoms with Gasteiger partial charge in [-0.3, -0.25) is 9.59 Å². The summed E-state index contributed by atoms with van der Waals surface area (Å²) in [6.07, 6.45) is 1.44. The predicted molar refractivity (Wildman–Crippen MR) is 115 cm³/mol. The van der Waals surface area contributed by atoms with E-state index in [0.717, 1.165) is 0 Å². The zero-order chi connectivity index (χ0) is 21.5. The molecule has 0 aliphatic carbocycles. The Bertz CT molecular complexity index is 1100. The minimum Gasteiger partial charge on any atom is -0.495 e. The summed E-state index contributed by atoms with van der Waals surface area (Å²) in [7, 11) is 1.49. The van der Waals surface area contributed by atoms with Crippen LogP contribution in [0.2, 0.25) is 5.02 Å². The summed E-state index contributed by atoms with van der Waals surface area (Å²) >= 11 is 6.09. The lowest BCUT2D eigenvalue weighted by Crippen LogP contribution is -2.31. The predicted octanol–water partition coefficient (Wildman–Crippen LogP) is 4.90. The first kappa shape index (κ1) is 21.1. The van der Waals surface area contributed by atoms with Gasteiger partial charge in [-0.25, -0.2) is 4.39 Å². The smallest absolute Gasteiger partial charge is 0.272 e. The molecule has 0 spiro atoms. The van der Waals surface area contributed by atoms with Gasteiger partial charge in [-0.05, 0) is 48.0 Å². The minimum absolute atomic E-state index is 0.0440. The molecule has 3 aromatic rings. The van der Waals surface area contributed by atoms with E-state index < -0.39 is 17.6 Å². The summed E-state index contributed by atoms with van der Waals surface area (Å²) in [4.78, 5) is 25.6. The van der Waals surface area contributed by atoms with Crippen LogP contribution in [0, 0.1) is 5.82 Å². The SMILES string of the molecule is COc1ccccc1NC(=O)/C(=C/c1ccc(F)cc1)NC(=O)c1ccccc1Cl. The quantitative estimate of drug-likeness (QED) is 0.553. The Labute approximate surface area is 178 Å². The standard InChI is InChI=1S/C23H18ClFN2O3/c1-30-21-9-5-4-8-19(21)26-23(29)20(14-15-10-12-16(25)13-11-15)27-22(28)17-6-2-3-7-18(17)24/h2-14H,1H3,(H,26,29)(H,27,28)/b20-14-. The van der Waals surface area contributed by atoms with Crippen LogP contribution in [-0.2, 0) is 4.79 Å². The average Bonchev–Trinajstić information content (AvgIpc) is 2.75. The maximum Gasteiger partial charge on any atom is 0.272 e. The number of ether oxygens (including phenoxy) is 1. The third kappa shape index (κ3) is 5.24. The number of nitrogens with one attached hydrogen (secondary N) is 2. The van der Waals surface area contributed by atoms with Gasteiger partial charge in [-0.1, -0.05) is 48.0 Å². The molecule has 2 N–H and O–H groups in total. The number of para-hydroxylation sites is 2. The number of rotatable bonds is 6. The maximum absolute atomic E-state index is 13.2. The Morgan fingerprint density at radius 3 is 2.33 bits per heavy atom. The number of carbonyl (C=O) groups is 2. The van der Waals surface area contributed by atoms with Crippen LogP contribution in [0.4, 0.5) is 10.1 Å². The molecule has 2 amide bonds. The van der Waals surface area contributed by atoms with Crippen LogP contribution in [0.25, 0.3) is 6.08 Å². The van der Waals surface area contributed by atoms with Crippen LogP contribution in [0.1, 0.15) is 15.9 Å². The van der Waals surface area contributed by atoms with Gasteiger partial charge in [-0.15, -0.1) is 0 Å². The highest BCUT2D eigenvalue weighted by molar-refractivity contribution is 6.34. The number of methoxy groups -OCH3 is 1. The zero-order valence-corrected chi connectivity index (χ0v) is 16.7. The van der Waals surface area contributed by atoms with Crippen molar-refractivity contribution in [2.24, 2.45) is 0 Å². The second-order valence-corrected chi connectivity index (χ2v) is 6.61. The number of amides is 2. The highest BCUT2D eigenvalue weighted by Crippen LogP contribution is 2.24. The van der Waals surface area contributed by atoms with Gasteiger partial charge in [0.05, 0.1) is 23.4 Å². The fourth-order valence-corrected chi connectivity index (χ4v) is 2.88.